The molecule has 0 bridgehead atoms. The fourth-order valence-electron chi connectivity index (χ4n) is 0.741. The second-order valence-electron chi connectivity index (χ2n) is 2.59. The molecule has 0 heterocycles. The predicted molar refractivity (Wildman–Crippen MR) is 55.9 cm³/mol. The third-order valence-electron chi connectivity index (χ3n) is 1.46. The lowest BCUT2D eigenvalue weighted by Gasteiger charge is -2.10. The van der Waals surface area contributed by atoms with Crippen LogP contribution in [0, 0.1) is 0 Å². The number of hydrogen-bond acceptors (Lipinski definition) is 4. The van der Waals surface area contributed by atoms with Crippen LogP contribution >= 0.6 is 11.8 Å². The van der Waals surface area contributed by atoms with E-state index in [-0.39, 0.29) is 11.2 Å². The van der Waals surface area contributed by atoms with Gasteiger partial charge in [0, 0.05) is 26.0 Å². The lowest BCUT2D eigenvalue weighted by Crippen LogP contribution is -2.33. The summed E-state index contributed by atoms with van der Waals surface area (Å²) < 4.78 is 4.81. The van der Waals surface area contributed by atoms with Gasteiger partial charge in [0.15, 0.2) is 0 Å². The molecule has 0 aromatic heterocycles. The van der Waals surface area contributed by atoms with Crippen LogP contribution in [0.2, 0.25) is 0 Å². The summed E-state index contributed by atoms with van der Waals surface area (Å²) in [5.41, 5.74) is 5.33. The van der Waals surface area contributed by atoms with Crippen LogP contribution < -0.4 is 11.1 Å². The number of nitrogens with one attached hydrogen (secondary N) is 1. The molecule has 0 aliphatic carbocycles. The largest absolute Gasteiger partial charge is 0.383 e. The number of methoxy groups -OCH3 is 1. The lowest BCUT2D eigenvalue weighted by atomic mass is 10.4. The van der Waals surface area contributed by atoms with Gasteiger partial charge in [0.1, 0.15) is 0 Å². The minimum absolute atomic E-state index is 0.0274. The topological polar surface area (TPSA) is 64.3 Å². The highest BCUT2D eigenvalue weighted by atomic mass is 32.2. The van der Waals surface area contributed by atoms with Crippen molar-refractivity contribution in [1.82, 2.24) is 5.32 Å². The van der Waals surface area contributed by atoms with Gasteiger partial charge >= 0.3 is 0 Å². The van der Waals surface area contributed by atoms with Crippen molar-refractivity contribution in [3.8, 4) is 0 Å². The second kappa shape index (κ2) is 8.34. The fourth-order valence-corrected chi connectivity index (χ4v) is 1.46. The van der Waals surface area contributed by atoms with Crippen molar-refractivity contribution in [3.05, 3.63) is 0 Å². The first-order chi connectivity index (χ1) is 6.22. The third-order valence-corrected chi connectivity index (χ3v) is 2.65. The first-order valence-electron chi connectivity index (χ1n) is 4.30. The average molecular weight is 206 g/mol. The molecule has 4 nitrogen and oxygen atoms in total. The molecule has 0 rings (SSSR count). The number of carbonyl (C=O) groups excluding carboxylic acids is 1. The SMILES string of the molecule is COCCNC(=O)C(C)SCCN. The van der Waals surface area contributed by atoms with Gasteiger partial charge in [-0.1, -0.05) is 0 Å². The highest BCUT2D eigenvalue weighted by Gasteiger charge is 2.11. The summed E-state index contributed by atoms with van der Waals surface area (Å²) in [4.78, 5) is 11.3. The Morgan fingerprint density at radius 2 is 2.38 bits per heavy atom. The Labute approximate surface area is 83.6 Å². The quantitative estimate of drug-likeness (QED) is 0.568. The van der Waals surface area contributed by atoms with E-state index in [1.807, 2.05) is 6.92 Å². The minimum atomic E-state index is -0.0274. The Morgan fingerprint density at radius 1 is 1.69 bits per heavy atom. The molecule has 0 radical (unpaired) electrons. The summed E-state index contributed by atoms with van der Waals surface area (Å²) in [6.45, 7) is 3.62. The monoisotopic (exact) mass is 206 g/mol. The van der Waals surface area contributed by atoms with Gasteiger partial charge in [-0.25, -0.2) is 0 Å². The average Bonchev–Trinajstić information content (AvgIpc) is 2.14. The molecule has 0 saturated carbocycles. The van der Waals surface area contributed by atoms with Gasteiger partial charge in [0.05, 0.1) is 11.9 Å². The van der Waals surface area contributed by atoms with E-state index in [4.69, 9.17) is 10.5 Å². The summed E-state index contributed by atoms with van der Waals surface area (Å²) in [6.07, 6.45) is 0. The number of carbonyl (C=O) groups is 1. The second-order valence-corrected chi connectivity index (χ2v) is 4.03. The molecule has 0 aliphatic rings. The number of amides is 1. The maximum absolute atomic E-state index is 11.3. The van der Waals surface area contributed by atoms with Crippen molar-refractivity contribution in [2.75, 3.05) is 32.6 Å². The van der Waals surface area contributed by atoms with E-state index >= 15 is 0 Å². The van der Waals surface area contributed by atoms with E-state index < -0.39 is 0 Å². The van der Waals surface area contributed by atoms with Gasteiger partial charge in [-0.15, -0.1) is 11.8 Å². The molecule has 0 spiro atoms. The van der Waals surface area contributed by atoms with Gasteiger partial charge < -0.3 is 15.8 Å². The minimum Gasteiger partial charge on any atom is -0.383 e. The highest BCUT2D eigenvalue weighted by Crippen LogP contribution is 2.08. The Balaban J connectivity index is 3.45. The third kappa shape index (κ3) is 6.86. The van der Waals surface area contributed by atoms with E-state index in [0.717, 1.165) is 5.75 Å². The van der Waals surface area contributed by atoms with E-state index in [0.29, 0.717) is 19.7 Å². The fraction of sp³-hybridized carbons (Fsp3) is 0.875. The maximum Gasteiger partial charge on any atom is 0.232 e. The molecular weight excluding hydrogens is 188 g/mol. The predicted octanol–water partition coefficient (Wildman–Crippen LogP) is -0.171. The molecule has 0 aromatic rings. The zero-order chi connectivity index (χ0) is 10.1. The Morgan fingerprint density at radius 3 is 2.92 bits per heavy atom. The van der Waals surface area contributed by atoms with Gasteiger partial charge in [0.2, 0.25) is 5.91 Å². The summed E-state index contributed by atoms with van der Waals surface area (Å²) in [6, 6.07) is 0. The molecule has 78 valence electrons. The number of thioether (sulfide) groups is 1. The first-order valence-corrected chi connectivity index (χ1v) is 5.35. The standard InChI is InChI=1S/C8H18N2O2S/c1-7(13-6-3-9)8(11)10-4-5-12-2/h7H,3-6,9H2,1-2H3,(H,10,11). The molecule has 3 N–H and O–H groups in total. The van der Waals surface area contributed by atoms with Crippen LogP contribution in [0.15, 0.2) is 0 Å². The van der Waals surface area contributed by atoms with Crippen molar-refractivity contribution < 1.29 is 9.53 Å². The van der Waals surface area contributed by atoms with Crippen molar-refractivity contribution in [3.63, 3.8) is 0 Å². The molecule has 1 amide bonds. The zero-order valence-corrected chi connectivity index (χ0v) is 9.02. The number of rotatable bonds is 7. The van der Waals surface area contributed by atoms with E-state index in [1.54, 1.807) is 18.9 Å². The van der Waals surface area contributed by atoms with Crippen molar-refractivity contribution in [1.29, 1.82) is 0 Å². The normalized spacial score (nSPS) is 12.5. The smallest absolute Gasteiger partial charge is 0.232 e. The van der Waals surface area contributed by atoms with Crippen LogP contribution in [-0.4, -0.2) is 43.7 Å². The van der Waals surface area contributed by atoms with Crippen LogP contribution in [0.1, 0.15) is 6.92 Å². The van der Waals surface area contributed by atoms with Crippen LogP contribution in [0.25, 0.3) is 0 Å². The Bertz CT molecular complexity index is 144. The van der Waals surface area contributed by atoms with Crippen LogP contribution in [0.4, 0.5) is 0 Å². The van der Waals surface area contributed by atoms with Gasteiger partial charge in [-0.05, 0) is 6.92 Å². The number of hydrogen-bond donors (Lipinski definition) is 2. The summed E-state index contributed by atoms with van der Waals surface area (Å²) in [7, 11) is 1.61. The zero-order valence-electron chi connectivity index (χ0n) is 8.21. The first kappa shape index (κ1) is 12.7. The van der Waals surface area contributed by atoms with E-state index in [1.165, 1.54) is 0 Å². The molecule has 1 atom stereocenters. The van der Waals surface area contributed by atoms with Crippen LogP contribution in [0.5, 0.6) is 0 Å². The molecule has 0 aromatic carbocycles. The summed E-state index contributed by atoms with van der Waals surface area (Å²) in [5, 5.41) is 2.74. The molecular formula is C8H18N2O2S. The number of nitrogens with two attached hydrogens (primary N) is 1. The Kier molecular flexibility index (Phi) is 8.18. The highest BCUT2D eigenvalue weighted by molar-refractivity contribution is 8.00. The maximum atomic E-state index is 11.3. The molecule has 0 fully saturated rings. The summed E-state index contributed by atoms with van der Waals surface area (Å²) >= 11 is 1.56. The van der Waals surface area contributed by atoms with Crippen molar-refractivity contribution >= 4 is 17.7 Å². The molecule has 13 heavy (non-hydrogen) atoms. The van der Waals surface area contributed by atoms with Gasteiger partial charge in [0.25, 0.3) is 0 Å². The van der Waals surface area contributed by atoms with Gasteiger partial charge in [-0.3, -0.25) is 4.79 Å². The summed E-state index contributed by atoms with van der Waals surface area (Å²) in [5.74, 6) is 0.870. The number of ether oxygens (including phenoxy) is 1. The lowest BCUT2D eigenvalue weighted by molar-refractivity contribution is -0.120. The molecule has 1 unspecified atom stereocenters. The van der Waals surface area contributed by atoms with Crippen molar-refractivity contribution in [2.24, 2.45) is 5.73 Å². The molecule has 0 aliphatic heterocycles. The van der Waals surface area contributed by atoms with Gasteiger partial charge in [-0.2, -0.15) is 0 Å². The van der Waals surface area contributed by atoms with E-state index in [9.17, 15) is 4.79 Å². The van der Waals surface area contributed by atoms with Crippen molar-refractivity contribution in [2.45, 2.75) is 12.2 Å². The van der Waals surface area contributed by atoms with Crippen LogP contribution in [0.3, 0.4) is 0 Å². The van der Waals surface area contributed by atoms with Crippen LogP contribution in [-0.2, 0) is 9.53 Å². The molecule has 0 saturated heterocycles. The molecule has 5 heteroatoms. The Hall–Kier alpha value is -0.260. The van der Waals surface area contributed by atoms with E-state index in [2.05, 4.69) is 5.32 Å².